The zero-order valence-corrected chi connectivity index (χ0v) is 6.99. The van der Waals surface area contributed by atoms with Gasteiger partial charge in [-0.1, -0.05) is 11.6 Å². The van der Waals surface area contributed by atoms with Crippen LogP contribution in [0.5, 0.6) is 0 Å². The third-order valence-electron chi connectivity index (χ3n) is 1.05. The van der Waals surface area contributed by atoms with Crippen LogP contribution in [0.15, 0.2) is 0 Å². The van der Waals surface area contributed by atoms with Crippen molar-refractivity contribution < 1.29 is 30.7 Å². The molecule has 0 fully saturated rings. The lowest BCUT2D eigenvalue weighted by atomic mass is 10.2. The van der Waals surface area contributed by atoms with E-state index >= 15 is 0 Å². The third kappa shape index (κ3) is 2.12. The summed E-state index contributed by atoms with van der Waals surface area (Å²) in [6.07, 6.45) is -4.68. The Hall–Kier alpha value is 0.0900. The number of hydrogen-bond acceptors (Lipinski definition) is 0. The van der Waals surface area contributed by atoms with Gasteiger partial charge in [0, 0.05) is 0 Å². The summed E-state index contributed by atoms with van der Waals surface area (Å²) in [7, 11) is 0. The van der Waals surface area contributed by atoms with E-state index in [-0.39, 0.29) is 0 Å². The first-order valence-electron chi connectivity index (χ1n) is 2.55. The van der Waals surface area contributed by atoms with Crippen LogP contribution in [0, 0.1) is 0 Å². The van der Waals surface area contributed by atoms with Crippen molar-refractivity contribution >= 4 is 23.2 Å². The first-order valence-corrected chi connectivity index (χ1v) is 3.30. The van der Waals surface area contributed by atoms with Gasteiger partial charge >= 0.3 is 22.9 Å². The highest BCUT2D eigenvalue weighted by Gasteiger charge is 2.72. The molecule has 0 aliphatic rings. The second kappa shape index (κ2) is 3.34. The van der Waals surface area contributed by atoms with Crippen LogP contribution in [-0.4, -0.2) is 22.9 Å². The molecule has 13 heavy (non-hydrogen) atoms. The highest BCUT2D eigenvalue weighted by Crippen LogP contribution is 2.51. The largest absolute Gasteiger partial charge is 0.375 e. The van der Waals surface area contributed by atoms with E-state index in [2.05, 4.69) is 23.2 Å². The molecule has 0 aromatic carbocycles. The van der Waals surface area contributed by atoms with E-state index in [0.29, 0.717) is 0 Å². The van der Waals surface area contributed by atoms with Gasteiger partial charge < -0.3 is 0 Å². The Labute approximate surface area is 77.6 Å². The summed E-state index contributed by atoms with van der Waals surface area (Å²) < 4.78 is 82.6. The fraction of sp³-hybridized carbons (Fsp3) is 1.00. The van der Waals surface area contributed by atoms with E-state index in [0.717, 1.165) is 0 Å². The summed E-state index contributed by atoms with van der Waals surface area (Å²) in [5, 5.41) is -10.6. The van der Waals surface area contributed by atoms with Crippen LogP contribution in [0.1, 0.15) is 0 Å². The molecule has 0 aliphatic heterocycles. The average molecular weight is 253 g/mol. The maximum absolute atomic E-state index is 12.3. The topological polar surface area (TPSA) is 0 Å². The van der Waals surface area contributed by atoms with Crippen molar-refractivity contribution in [2.24, 2.45) is 0 Å². The first kappa shape index (κ1) is 13.1. The van der Waals surface area contributed by atoms with Crippen LogP contribution in [0.25, 0.3) is 0 Å². The molecule has 9 heteroatoms. The molecule has 80 valence electrons. The summed E-state index contributed by atoms with van der Waals surface area (Å²) in [4.78, 5) is 0. The predicted octanol–water partition coefficient (Wildman–Crippen LogP) is 3.62. The Bertz CT molecular complexity index is 183. The molecule has 0 bridgehead atoms. The van der Waals surface area contributed by atoms with Crippen molar-refractivity contribution in [2.75, 3.05) is 0 Å². The second-order valence-electron chi connectivity index (χ2n) is 2.00. The van der Waals surface area contributed by atoms with E-state index in [1.165, 1.54) is 0 Å². The van der Waals surface area contributed by atoms with Crippen molar-refractivity contribution in [3.63, 3.8) is 0 Å². The molecule has 0 amide bonds. The zero-order valence-electron chi connectivity index (χ0n) is 5.48. The van der Waals surface area contributed by atoms with E-state index in [1.54, 1.807) is 0 Å². The lowest BCUT2D eigenvalue weighted by molar-refractivity contribution is -0.228. The van der Waals surface area contributed by atoms with Crippen LogP contribution in [0.3, 0.4) is 0 Å². The van der Waals surface area contributed by atoms with Crippen molar-refractivity contribution in [1.29, 1.82) is 0 Å². The molecule has 0 aromatic heterocycles. The molecular formula is C4HCl2F7. The Morgan fingerprint density at radius 1 is 0.846 bits per heavy atom. The Balaban J connectivity index is 5.04. The molecule has 0 spiro atoms. The molecule has 0 aromatic rings. The number of rotatable bonds is 3. The molecule has 0 nitrogen and oxygen atoms in total. The summed E-state index contributed by atoms with van der Waals surface area (Å²) in [6.45, 7) is 0. The quantitative estimate of drug-likeness (QED) is 0.532. The zero-order chi connectivity index (χ0) is 11.1. The Morgan fingerprint density at radius 3 is 1.23 bits per heavy atom. The Kier molecular flexibility index (Phi) is 3.37. The molecule has 0 saturated heterocycles. The van der Waals surface area contributed by atoms with Gasteiger partial charge in [0.25, 0.3) is 0 Å². The molecule has 1 atom stereocenters. The van der Waals surface area contributed by atoms with E-state index in [4.69, 9.17) is 0 Å². The highest BCUT2D eigenvalue weighted by atomic mass is 35.5. The molecule has 0 rings (SSSR count). The van der Waals surface area contributed by atoms with Crippen molar-refractivity contribution in [3.8, 4) is 0 Å². The number of alkyl halides is 9. The van der Waals surface area contributed by atoms with Gasteiger partial charge in [-0.15, -0.1) is 0 Å². The third-order valence-corrected chi connectivity index (χ3v) is 1.90. The smallest absolute Gasteiger partial charge is 0.211 e. The van der Waals surface area contributed by atoms with Crippen LogP contribution in [0.4, 0.5) is 30.7 Å². The summed E-state index contributed by atoms with van der Waals surface area (Å²) >= 11 is 7.72. The second-order valence-corrected chi connectivity index (χ2v) is 2.99. The molecule has 1 unspecified atom stereocenters. The van der Waals surface area contributed by atoms with Gasteiger partial charge in [0.15, 0.2) is 0 Å². The minimum atomic E-state index is -5.74. The van der Waals surface area contributed by atoms with Gasteiger partial charge in [-0.05, 0) is 11.6 Å². The van der Waals surface area contributed by atoms with Crippen LogP contribution in [-0.2, 0) is 0 Å². The highest BCUT2D eigenvalue weighted by molar-refractivity contribution is 6.33. The molecular weight excluding hydrogens is 252 g/mol. The lowest BCUT2D eigenvalue weighted by Crippen LogP contribution is -2.54. The predicted molar refractivity (Wildman–Crippen MR) is 31.4 cm³/mol. The minimum absolute atomic E-state index is 3.80. The van der Waals surface area contributed by atoms with Crippen molar-refractivity contribution in [2.45, 2.75) is 22.9 Å². The molecule has 0 aliphatic carbocycles. The molecule has 0 saturated carbocycles. The van der Waals surface area contributed by atoms with Gasteiger partial charge in [0.05, 0.1) is 0 Å². The monoisotopic (exact) mass is 252 g/mol. The molecule has 0 radical (unpaired) electrons. The molecule has 0 heterocycles. The van der Waals surface area contributed by atoms with E-state index in [1.807, 2.05) is 0 Å². The van der Waals surface area contributed by atoms with Crippen LogP contribution in [0.2, 0.25) is 0 Å². The normalized spacial score (nSPS) is 18.9. The van der Waals surface area contributed by atoms with Crippen molar-refractivity contribution in [1.82, 2.24) is 0 Å². The fourth-order valence-electron chi connectivity index (χ4n) is 0.326. The Morgan fingerprint density at radius 2 is 1.15 bits per heavy atom. The van der Waals surface area contributed by atoms with Gasteiger partial charge in [-0.25, -0.2) is 13.2 Å². The minimum Gasteiger partial charge on any atom is -0.211 e. The van der Waals surface area contributed by atoms with E-state index in [9.17, 15) is 30.7 Å². The maximum atomic E-state index is 12.3. The summed E-state index contributed by atoms with van der Waals surface area (Å²) in [5.74, 6) is -5.74. The van der Waals surface area contributed by atoms with Gasteiger partial charge in [-0.3, -0.25) is 0 Å². The maximum Gasteiger partial charge on any atom is 0.375 e. The number of halogens is 9. The summed E-state index contributed by atoms with van der Waals surface area (Å²) in [6, 6.07) is 0. The van der Waals surface area contributed by atoms with Gasteiger partial charge in [0.1, 0.15) is 0 Å². The SMILES string of the molecule is FC(F)C(F)(F)C(F)(Cl)C(F)(F)Cl. The van der Waals surface area contributed by atoms with Crippen LogP contribution < -0.4 is 0 Å². The lowest BCUT2D eigenvalue weighted by Gasteiger charge is -2.29. The van der Waals surface area contributed by atoms with Gasteiger partial charge in [0.2, 0.25) is 0 Å². The van der Waals surface area contributed by atoms with Gasteiger partial charge in [-0.2, -0.15) is 17.6 Å². The summed E-state index contributed by atoms with van der Waals surface area (Å²) in [5.41, 5.74) is 0. The van der Waals surface area contributed by atoms with Crippen LogP contribution >= 0.6 is 23.2 Å². The van der Waals surface area contributed by atoms with Crippen molar-refractivity contribution in [3.05, 3.63) is 0 Å². The van der Waals surface area contributed by atoms with E-state index < -0.39 is 22.9 Å². The number of hydrogen-bond donors (Lipinski definition) is 0. The fourth-order valence-corrected chi connectivity index (χ4v) is 0.534. The standard InChI is InChI=1S/C4HCl2F7/c5-3(11,4(6,12)13)2(9,10)1(7)8/h1H. The molecule has 0 N–H and O–H groups in total. The average Bonchev–Trinajstić information content (AvgIpc) is 1.84. The first-order chi connectivity index (χ1) is 5.44.